The quantitative estimate of drug-likeness (QED) is 0.330. The Balaban J connectivity index is 1.25. The summed E-state index contributed by atoms with van der Waals surface area (Å²) < 4.78 is 5.49. The highest BCUT2D eigenvalue weighted by Gasteiger charge is 2.29. The van der Waals surface area contributed by atoms with Crippen molar-refractivity contribution in [3.63, 3.8) is 0 Å². The molecular weight excluding hydrogens is 430 g/mol. The fraction of sp³-hybridized carbons (Fsp3) is 0.214. The minimum atomic E-state index is -1.09. The van der Waals surface area contributed by atoms with Gasteiger partial charge in [-0.05, 0) is 45.9 Å². The minimum absolute atomic E-state index is 0.0186. The van der Waals surface area contributed by atoms with Crippen LogP contribution >= 0.6 is 0 Å². The van der Waals surface area contributed by atoms with Crippen LogP contribution in [0.4, 0.5) is 4.79 Å². The number of hydrogen-bond donors (Lipinski definition) is 3. The van der Waals surface area contributed by atoms with Gasteiger partial charge >= 0.3 is 6.09 Å². The zero-order chi connectivity index (χ0) is 23.9. The van der Waals surface area contributed by atoms with Crippen molar-refractivity contribution in [2.24, 2.45) is 0 Å². The highest BCUT2D eigenvalue weighted by Crippen LogP contribution is 2.44. The van der Waals surface area contributed by atoms with E-state index in [-0.39, 0.29) is 25.5 Å². The van der Waals surface area contributed by atoms with Crippen molar-refractivity contribution in [3.05, 3.63) is 101 Å². The molecule has 0 heterocycles. The third kappa shape index (κ3) is 5.25. The van der Waals surface area contributed by atoms with Gasteiger partial charge < -0.3 is 20.3 Å². The van der Waals surface area contributed by atoms with Crippen molar-refractivity contribution in [2.45, 2.75) is 24.5 Å². The second kappa shape index (κ2) is 10.9. The van der Waals surface area contributed by atoms with Crippen molar-refractivity contribution < 1.29 is 24.5 Å². The van der Waals surface area contributed by atoms with Gasteiger partial charge in [0.1, 0.15) is 19.0 Å². The summed E-state index contributed by atoms with van der Waals surface area (Å²) in [7, 11) is 0. The average Bonchev–Trinajstić information content (AvgIpc) is 3.19. The number of amides is 1. The van der Waals surface area contributed by atoms with Crippen LogP contribution in [0.1, 0.15) is 40.7 Å². The minimum Gasteiger partial charge on any atom is -0.449 e. The molecule has 0 aliphatic heterocycles. The number of aldehydes is 1. The number of carbonyl (C=O) groups excluding carboxylic acids is 2. The van der Waals surface area contributed by atoms with Gasteiger partial charge in [-0.25, -0.2) is 4.79 Å². The van der Waals surface area contributed by atoms with Crippen LogP contribution in [0.5, 0.6) is 0 Å². The largest absolute Gasteiger partial charge is 0.449 e. The van der Waals surface area contributed by atoms with Crippen LogP contribution in [0.15, 0.2) is 78.9 Å². The molecule has 2 unspecified atom stereocenters. The Morgan fingerprint density at radius 3 is 2.18 bits per heavy atom. The van der Waals surface area contributed by atoms with E-state index in [0.29, 0.717) is 11.8 Å². The summed E-state index contributed by atoms with van der Waals surface area (Å²) in [5.41, 5.74) is 5.98. The number of alkyl carbamates (subject to hydrolysis) is 1. The molecule has 2 atom stereocenters. The number of hydrogen-bond acceptors (Lipinski definition) is 5. The molecule has 3 aromatic carbocycles. The van der Waals surface area contributed by atoms with Gasteiger partial charge in [0.15, 0.2) is 0 Å². The molecule has 0 saturated heterocycles. The number of fused-ring (bicyclic) bond motifs is 3. The molecule has 1 aliphatic carbocycles. The molecule has 6 nitrogen and oxygen atoms in total. The normalized spacial score (nSPS) is 14.3. The van der Waals surface area contributed by atoms with Crippen LogP contribution in [0.2, 0.25) is 0 Å². The molecular formula is C28H27NO5. The van der Waals surface area contributed by atoms with Crippen LogP contribution < -0.4 is 5.32 Å². The highest BCUT2D eigenvalue weighted by molar-refractivity contribution is 5.79. The number of allylic oxidation sites excluding steroid dienone is 1. The molecule has 0 bridgehead atoms. The van der Waals surface area contributed by atoms with Crippen LogP contribution in [-0.4, -0.2) is 41.8 Å². The Hall–Kier alpha value is -3.74. The molecule has 34 heavy (non-hydrogen) atoms. The average molecular weight is 458 g/mol. The standard InChI is InChI=1S/C28H27NO5/c30-17-5-6-19-11-13-20(14-12-19)27(32)26(31)15-16-29-28(33)34-18-25-23-9-3-1-7-21(23)22-8-2-4-10-24(22)25/h1-14,17,25-27,31-32H,15-16,18H2,(H,29,33)/b6-5+. The summed E-state index contributed by atoms with van der Waals surface area (Å²) in [5.74, 6) is -0.0186. The second-order valence-corrected chi connectivity index (χ2v) is 8.22. The van der Waals surface area contributed by atoms with E-state index in [1.807, 2.05) is 24.3 Å². The molecule has 0 saturated carbocycles. The van der Waals surface area contributed by atoms with Crippen LogP contribution in [0.3, 0.4) is 0 Å². The van der Waals surface area contributed by atoms with Gasteiger partial charge in [0.05, 0.1) is 6.10 Å². The van der Waals surface area contributed by atoms with Crippen molar-refractivity contribution in [1.82, 2.24) is 5.32 Å². The molecule has 0 spiro atoms. The number of nitrogens with one attached hydrogen (secondary N) is 1. The predicted molar refractivity (Wildman–Crippen MR) is 130 cm³/mol. The molecule has 0 radical (unpaired) electrons. The number of aliphatic hydroxyl groups is 2. The molecule has 0 fully saturated rings. The summed E-state index contributed by atoms with van der Waals surface area (Å²) in [4.78, 5) is 22.7. The van der Waals surface area contributed by atoms with Gasteiger partial charge in [-0.2, -0.15) is 0 Å². The molecule has 1 amide bonds. The van der Waals surface area contributed by atoms with E-state index < -0.39 is 18.3 Å². The molecule has 1 aliphatic rings. The summed E-state index contributed by atoms with van der Waals surface area (Å²) in [6, 6.07) is 23.1. The van der Waals surface area contributed by atoms with Crippen LogP contribution in [0.25, 0.3) is 17.2 Å². The first-order valence-corrected chi connectivity index (χ1v) is 11.2. The third-order valence-corrected chi connectivity index (χ3v) is 6.06. The summed E-state index contributed by atoms with van der Waals surface area (Å²) in [6.45, 7) is 0.380. The van der Waals surface area contributed by atoms with Crippen LogP contribution in [0, 0.1) is 0 Å². The number of carbonyl (C=O) groups is 2. The monoisotopic (exact) mass is 457 g/mol. The lowest BCUT2D eigenvalue weighted by Gasteiger charge is -2.19. The lowest BCUT2D eigenvalue weighted by molar-refractivity contribution is -0.104. The van der Waals surface area contributed by atoms with E-state index in [4.69, 9.17) is 4.74 Å². The third-order valence-electron chi connectivity index (χ3n) is 6.06. The SMILES string of the molecule is O=C/C=C/c1ccc(C(O)C(O)CCNC(=O)OCC2c3ccccc3-c3ccccc32)cc1. The topological polar surface area (TPSA) is 95.9 Å². The zero-order valence-corrected chi connectivity index (χ0v) is 18.6. The van der Waals surface area contributed by atoms with E-state index >= 15 is 0 Å². The first-order chi connectivity index (χ1) is 16.6. The smallest absolute Gasteiger partial charge is 0.407 e. The van der Waals surface area contributed by atoms with Crippen molar-refractivity contribution in [2.75, 3.05) is 13.2 Å². The van der Waals surface area contributed by atoms with E-state index in [1.165, 1.54) is 6.08 Å². The zero-order valence-electron chi connectivity index (χ0n) is 18.6. The van der Waals surface area contributed by atoms with E-state index in [1.54, 1.807) is 30.3 Å². The van der Waals surface area contributed by atoms with Crippen molar-refractivity contribution >= 4 is 18.5 Å². The molecule has 0 aromatic heterocycles. The van der Waals surface area contributed by atoms with E-state index in [9.17, 15) is 19.8 Å². The number of aliphatic hydroxyl groups excluding tert-OH is 2. The fourth-order valence-electron chi connectivity index (χ4n) is 4.31. The first kappa shape index (κ1) is 23.4. The predicted octanol–water partition coefficient (Wildman–Crippen LogP) is 4.22. The van der Waals surface area contributed by atoms with Crippen molar-refractivity contribution in [3.8, 4) is 11.1 Å². The van der Waals surface area contributed by atoms with E-state index in [0.717, 1.165) is 27.8 Å². The van der Waals surface area contributed by atoms with Gasteiger partial charge in [-0.1, -0.05) is 78.9 Å². The molecule has 174 valence electrons. The van der Waals surface area contributed by atoms with E-state index in [2.05, 4.69) is 29.6 Å². The number of benzene rings is 3. The molecule has 3 aromatic rings. The number of rotatable bonds is 9. The second-order valence-electron chi connectivity index (χ2n) is 8.22. The highest BCUT2D eigenvalue weighted by atomic mass is 16.5. The lowest BCUT2D eigenvalue weighted by atomic mass is 9.98. The molecule has 4 rings (SSSR count). The maximum atomic E-state index is 12.3. The van der Waals surface area contributed by atoms with Crippen LogP contribution in [-0.2, 0) is 9.53 Å². The Bertz CT molecular complexity index is 1130. The van der Waals surface area contributed by atoms with Crippen molar-refractivity contribution in [1.29, 1.82) is 0 Å². The van der Waals surface area contributed by atoms with Gasteiger partial charge in [0, 0.05) is 12.5 Å². The Morgan fingerprint density at radius 1 is 0.941 bits per heavy atom. The summed E-state index contributed by atoms with van der Waals surface area (Å²) >= 11 is 0. The van der Waals surface area contributed by atoms with Gasteiger partial charge in [0.25, 0.3) is 0 Å². The maximum Gasteiger partial charge on any atom is 0.407 e. The summed E-state index contributed by atoms with van der Waals surface area (Å²) in [6.07, 6.45) is 1.19. The van der Waals surface area contributed by atoms with Gasteiger partial charge in [-0.15, -0.1) is 0 Å². The Morgan fingerprint density at radius 2 is 1.56 bits per heavy atom. The lowest BCUT2D eigenvalue weighted by Crippen LogP contribution is -2.30. The Kier molecular flexibility index (Phi) is 7.52. The number of ether oxygens (including phenoxy) is 1. The maximum absolute atomic E-state index is 12.3. The van der Waals surface area contributed by atoms with Gasteiger partial charge in [-0.3, -0.25) is 4.79 Å². The first-order valence-electron chi connectivity index (χ1n) is 11.2. The molecule has 3 N–H and O–H groups in total. The van der Waals surface area contributed by atoms with Gasteiger partial charge in [0.2, 0.25) is 0 Å². The fourth-order valence-corrected chi connectivity index (χ4v) is 4.31. The Labute approximate surface area is 198 Å². The molecule has 6 heteroatoms. The summed E-state index contributed by atoms with van der Waals surface area (Å²) in [5, 5.41) is 23.3.